The molecule has 1 saturated heterocycles. The molecule has 3 heterocycles. The summed E-state index contributed by atoms with van der Waals surface area (Å²) < 4.78 is 29.1. The lowest BCUT2D eigenvalue weighted by Gasteiger charge is -2.16. The molecule has 4 rings (SSSR count). The molecule has 1 atom stereocenters. The second-order valence-electron chi connectivity index (χ2n) is 6.18. The highest BCUT2D eigenvalue weighted by Crippen LogP contribution is 2.31. The van der Waals surface area contributed by atoms with Gasteiger partial charge in [0.2, 0.25) is 10.0 Å². The molecule has 25 heavy (non-hydrogen) atoms. The number of aromatic nitrogens is 3. The van der Waals surface area contributed by atoms with Crippen LogP contribution in [0.2, 0.25) is 5.02 Å². The number of pyridine rings is 1. The fourth-order valence-electron chi connectivity index (χ4n) is 3.32. The van der Waals surface area contributed by atoms with Crippen molar-refractivity contribution in [3.8, 4) is 0 Å². The maximum atomic E-state index is 12.8. The SMILES string of the molecule is Cn1c([C@H]2CCN(S(=O)(=O)c3ccc(Cl)cc3)C2)nc2cccnc21. The Morgan fingerprint density at radius 1 is 1.20 bits per heavy atom. The monoisotopic (exact) mass is 376 g/mol. The normalized spacial score (nSPS) is 18.9. The summed E-state index contributed by atoms with van der Waals surface area (Å²) in [5, 5.41) is 0.519. The summed E-state index contributed by atoms with van der Waals surface area (Å²) in [6.07, 6.45) is 2.48. The summed E-state index contributed by atoms with van der Waals surface area (Å²) in [7, 11) is -1.59. The van der Waals surface area contributed by atoms with E-state index in [1.807, 2.05) is 23.7 Å². The summed E-state index contributed by atoms with van der Waals surface area (Å²) in [6.45, 7) is 0.897. The second-order valence-corrected chi connectivity index (χ2v) is 8.55. The van der Waals surface area contributed by atoms with Gasteiger partial charge in [0.1, 0.15) is 11.3 Å². The largest absolute Gasteiger partial charge is 0.316 e. The standard InChI is InChI=1S/C17H17ClN4O2S/c1-21-16(20-15-3-2-9-19-17(15)21)12-8-10-22(11-12)25(23,24)14-6-4-13(18)5-7-14/h2-7,9,12H,8,10-11H2,1H3/t12-/m0/s1. The number of rotatable bonds is 3. The number of aryl methyl sites for hydroxylation is 1. The Morgan fingerprint density at radius 2 is 1.96 bits per heavy atom. The van der Waals surface area contributed by atoms with Crippen LogP contribution in [-0.4, -0.2) is 40.3 Å². The molecule has 0 unspecified atom stereocenters. The van der Waals surface area contributed by atoms with E-state index >= 15 is 0 Å². The van der Waals surface area contributed by atoms with Crippen LogP contribution in [-0.2, 0) is 17.1 Å². The molecule has 3 aromatic rings. The molecule has 8 heteroatoms. The van der Waals surface area contributed by atoms with Crippen molar-refractivity contribution in [3.63, 3.8) is 0 Å². The van der Waals surface area contributed by atoms with Crippen molar-refractivity contribution in [2.45, 2.75) is 17.2 Å². The zero-order valence-corrected chi connectivity index (χ0v) is 15.2. The van der Waals surface area contributed by atoms with Crippen molar-refractivity contribution in [3.05, 3.63) is 53.4 Å². The zero-order chi connectivity index (χ0) is 17.6. The summed E-state index contributed by atoms with van der Waals surface area (Å²) >= 11 is 5.86. The fourth-order valence-corrected chi connectivity index (χ4v) is 4.95. The smallest absolute Gasteiger partial charge is 0.243 e. The average molecular weight is 377 g/mol. The molecular formula is C17H17ClN4O2S. The van der Waals surface area contributed by atoms with Gasteiger partial charge in [-0.05, 0) is 42.8 Å². The lowest BCUT2D eigenvalue weighted by molar-refractivity contribution is 0.470. The van der Waals surface area contributed by atoms with Crippen LogP contribution in [0.25, 0.3) is 11.2 Å². The highest BCUT2D eigenvalue weighted by atomic mass is 35.5. The van der Waals surface area contributed by atoms with E-state index in [2.05, 4.69) is 9.97 Å². The third-order valence-corrected chi connectivity index (χ3v) is 6.76. The summed E-state index contributed by atoms with van der Waals surface area (Å²) in [5.74, 6) is 0.934. The lowest BCUT2D eigenvalue weighted by Crippen LogP contribution is -2.28. The fraction of sp³-hybridized carbons (Fsp3) is 0.294. The Morgan fingerprint density at radius 3 is 2.68 bits per heavy atom. The second kappa shape index (κ2) is 6.09. The van der Waals surface area contributed by atoms with E-state index in [4.69, 9.17) is 11.6 Å². The predicted octanol–water partition coefficient (Wildman–Crippen LogP) is 2.80. The van der Waals surface area contributed by atoms with Crippen molar-refractivity contribution in [1.82, 2.24) is 18.8 Å². The van der Waals surface area contributed by atoms with Crippen molar-refractivity contribution >= 4 is 32.8 Å². The Hall–Kier alpha value is -1.96. The summed E-state index contributed by atoms with van der Waals surface area (Å²) in [5.41, 5.74) is 1.65. The molecule has 0 spiro atoms. The minimum atomic E-state index is -3.52. The van der Waals surface area contributed by atoms with E-state index in [0.29, 0.717) is 18.1 Å². The van der Waals surface area contributed by atoms with E-state index in [1.54, 1.807) is 30.5 Å². The highest BCUT2D eigenvalue weighted by molar-refractivity contribution is 7.89. The Kier molecular flexibility index (Phi) is 4.02. The van der Waals surface area contributed by atoms with E-state index in [-0.39, 0.29) is 10.8 Å². The number of nitrogens with zero attached hydrogens (tertiary/aromatic N) is 4. The third kappa shape index (κ3) is 2.82. The molecule has 1 fully saturated rings. The minimum Gasteiger partial charge on any atom is -0.316 e. The molecule has 2 aromatic heterocycles. The average Bonchev–Trinajstić information content (AvgIpc) is 3.21. The molecule has 0 aliphatic carbocycles. The van der Waals surface area contributed by atoms with E-state index < -0.39 is 10.0 Å². The Bertz CT molecular complexity index is 1030. The maximum Gasteiger partial charge on any atom is 0.243 e. The van der Waals surface area contributed by atoms with Crippen LogP contribution < -0.4 is 0 Å². The molecule has 1 aliphatic rings. The number of halogens is 1. The van der Waals surface area contributed by atoms with Gasteiger partial charge in [-0.25, -0.2) is 18.4 Å². The Balaban J connectivity index is 1.62. The molecule has 0 bridgehead atoms. The predicted molar refractivity (Wildman–Crippen MR) is 96.1 cm³/mol. The van der Waals surface area contributed by atoms with Gasteiger partial charge in [0.25, 0.3) is 0 Å². The van der Waals surface area contributed by atoms with E-state index in [0.717, 1.165) is 23.4 Å². The number of hydrogen-bond donors (Lipinski definition) is 0. The van der Waals surface area contributed by atoms with Gasteiger partial charge in [0.15, 0.2) is 5.65 Å². The number of hydrogen-bond acceptors (Lipinski definition) is 4. The van der Waals surface area contributed by atoms with Gasteiger partial charge < -0.3 is 4.57 Å². The van der Waals surface area contributed by atoms with Gasteiger partial charge in [-0.3, -0.25) is 0 Å². The molecule has 1 aliphatic heterocycles. The van der Waals surface area contributed by atoms with Crippen molar-refractivity contribution in [1.29, 1.82) is 0 Å². The highest BCUT2D eigenvalue weighted by Gasteiger charge is 2.35. The first-order chi connectivity index (χ1) is 12.0. The Labute approximate surface area is 151 Å². The summed E-state index contributed by atoms with van der Waals surface area (Å²) in [6, 6.07) is 10.1. The van der Waals surface area contributed by atoms with Gasteiger partial charge in [0, 0.05) is 37.3 Å². The van der Waals surface area contributed by atoms with Gasteiger partial charge >= 0.3 is 0 Å². The van der Waals surface area contributed by atoms with Crippen LogP contribution in [0.4, 0.5) is 0 Å². The van der Waals surface area contributed by atoms with Crippen LogP contribution in [0.1, 0.15) is 18.2 Å². The number of imidazole rings is 1. The van der Waals surface area contributed by atoms with Crippen LogP contribution >= 0.6 is 11.6 Å². The van der Waals surface area contributed by atoms with Crippen molar-refractivity contribution in [2.24, 2.45) is 7.05 Å². The van der Waals surface area contributed by atoms with Gasteiger partial charge in [-0.2, -0.15) is 4.31 Å². The molecule has 1 aromatic carbocycles. The molecule has 0 saturated carbocycles. The lowest BCUT2D eigenvalue weighted by atomic mass is 10.1. The first-order valence-electron chi connectivity index (χ1n) is 8.00. The minimum absolute atomic E-state index is 0.0567. The molecule has 130 valence electrons. The molecule has 0 radical (unpaired) electrons. The molecular weight excluding hydrogens is 360 g/mol. The summed E-state index contributed by atoms with van der Waals surface area (Å²) in [4.78, 5) is 9.28. The first kappa shape index (κ1) is 16.5. The quantitative estimate of drug-likeness (QED) is 0.704. The topological polar surface area (TPSA) is 68.1 Å². The van der Waals surface area contributed by atoms with Gasteiger partial charge in [-0.15, -0.1) is 0 Å². The van der Waals surface area contributed by atoms with Crippen LogP contribution in [0, 0.1) is 0 Å². The van der Waals surface area contributed by atoms with E-state index in [9.17, 15) is 8.42 Å². The van der Waals surface area contributed by atoms with Crippen LogP contribution in [0.5, 0.6) is 0 Å². The van der Waals surface area contributed by atoms with Crippen molar-refractivity contribution in [2.75, 3.05) is 13.1 Å². The van der Waals surface area contributed by atoms with Crippen molar-refractivity contribution < 1.29 is 8.42 Å². The number of fused-ring (bicyclic) bond motifs is 1. The third-order valence-electron chi connectivity index (χ3n) is 4.63. The first-order valence-corrected chi connectivity index (χ1v) is 9.81. The zero-order valence-electron chi connectivity index (χ0n) is 13.6. The molecule has 6 nitrogen and oxygen atoms in total. The number of benzene rings is 1. The van der Waals surface area contributed by atoms with Crippen LogP contribution in [0.3, 0.4) is 0 Å². The number of sulfonamides is 1. The van der Waals surface area contributed by atoms with Crippen LogP contribution in [0.15, 0.2) is 47.5 Å². The van der Waals surface area contributed by atoms with Gasteiger partial charge in [-0.1, -0.05) is 11.6 Å². The maximum absolute atomic E-state index is 12.8. The van der Waals surface area contributed by atoms with E-state index in [1.165, 1.54) is 4.31 Å². The van der Waals surface area contributed by atoms with Gasteiger partial charge in [0.05, 0.1) is 4.90 Å². The molecule has 0 N–H and O–H groups in total. The molecule has 0 amide bonds.